The Balaban J connectivity index is 2.03. The maximum atomic E-state index is 12.2. The van der Waals surface area contributed by atoms with Crippen LogP contribution in [0.25, 0.3) is 0 Å². The lowest BCUT2D eigenvalue weighted by molar-refractivity contribution is 0.0936. The van der Waals surface area contributed by atoms with Crippen molar-refractivity contribution >= 4 is 23.4 Å². The number of nitrogens with zero attached hydrogens (tertiary/aromatic N) is 1. The molecule has 0 bridgehead atoms. The van der Waals surface area contributed by atoms with E-state index in [2.05, 4.69) is 15.6 Å². The molecule has 0 radical (unpaired) electrons. The second kappa shape index (κ2) is 7.74. The second-order valence-electron chi connectivity index (χ2n) is 5.35. The van der Waals surface area contributed by atoms with Gasteiger partial charge in [0, 0.05) is 17.6 Å². The van der Waals surface area contributed by atoms with Crippen LogP contribution in [-0.4, -0.2) is 22.8 Å². The molecule has 1 heterocycles. The van der Waals surface area contributed by atoms with E-state index in [1.165, 1.54) is 0 Å². The van der Waals surface area contributed by atoms with E-state index in [1.54, 1.807) is 30.3 Å². The van der Waals surface area contributed by atoms with Gasteiger partial charge in [-0.25, -0.2) is 4.98 Å². The number of nitrogens with one attached hydrogen (secondary N) is 2. The molecule has 0 spiro atoms. The number of amides is 2. The minimum atomic E-state index is -0.343. The van der Waals surface area contributed by atoms with E-state index in [0.29, 0.717) is 11.6 Å². The van der Waals surface area contributed by atoms with Gasteiger partial charge in [0.05, 0.1) is 0 Å². The first-order valence-electron chi connectivity index (χ1n) is 7.26. The van der Waals surface area contributed by atoms with Crippen LogP contribution in [0.4, 0.5) is 0 Å². The number of carbonyl (C=O) groups excluding carboxylic acids is 2. The van der Waals surface area contributed by atoms with E-state index in [1.807, 2.05) is 26.0 Å². The van der Waals surface area contributed by atoms with Gasteiger partial charge in [-0.15, -0.1) is 0 Å². The lowest BCUT2D eigenvalue weighted by Gasteiger charge is -2.09. The topological polar surface area (TPSA) is 71.1 Å². The molecule has 0 aliphatic carbocycles. The molecule has 2 amide bonds. The van der Waals surface area contributed by atoms with Crippen molar-refractivity contribution in [2.45, 2.75) is 26.4 Å². The van der Waals surface area contributed by atoms with Crippen LogP contribution in [0, 0.1) is 0 Å². The van der Waals surface area contributed by atoms with Crippen molar-refractivity contribution in [1.29, 1.82) is 0 Å². The fraction of sp³-hybridized carbons (Fsp3) is 0.235. The second-order valence-corrected chi connectivity index (χ2v) is 5.79. The fourth-order valence-corrected chi connectivity index (χ4v) is 2.16. The maximum absolute atomic E-state index is 12.2. The highest BCUT2D eigenvalue weighted by molar-refractivity contribution is 6.30. The summed E-state index contributed by atoms with van der Waals surface area (Å²) in [4.78, 5) is 28.2. The number of hydrogen-bond donors (Lipinski definition) is 2. The number of halogens is 1. The molecule has 0 saturated heterocycles. The summed E-state index contributed by atoms with van der Waals surface area (Å²) in [5, 5.41) is 6.11. The van der Waals surface area contributed by atoms with Crippen molar-refractivity contribution in [2.24, 2.45) is 0 Å². The molecule has 0 unspecified atom stereocenters. The molecule has 0 aliphatic heterocycles. The third-order valence-corrected chi connectivity index (χ3v) is 3.21. The number of hydrogen-bond acceptors (Lipinski definition) is 3. The first-order valence-corrected chi connectivity index (χ1v) is 7.64. The Hall–Kier alpha value is -2.40. The fourth-order valence-electron chi connectivity index (χ4n) is 1.94. The lowest BCUT2D eigenvalue weighted by Crippen LogP contribution is -2.31. The summed E-state index contributed by atoms with van der Waals surface area (Å²) in [5.41, 5.74) is 1.30. The summed E-state index contributed by atoms with van der Waals surface area (Å²) in [6.45, 7) is 4.06. The van der Waals surface area contributed by atoms with Crippen LogP contribution < -0.4 is 10.6 Å². The molecular formula is C17H18ClN3O2. The number of aromatic nitrogens is 1. The Labute approximate surface area is 140 Å². The zero-order chi connectivity index (χ0) is 16.8. The minimum Gasteiger partial charge on any atom is -0.349 e. The van der Waals surface area contributed by atoms with Gasteiger partial charge < -0.3 is 10.6 Å². The first kappa shape index (κ1) is 17.0. The zero-order valence-corrected chi connectivity index (χ0v) is 13.7. The molecule has 1 aromatic carbocycles. The van der Waals surface area contributed by atoms with Crippen molar-refractivity contribution in [3.8, 4) is 0 Å². The minimum absolute atomic E-state index is 0.00427. The van der Waals surface area contributed by atoms with Crippen LogP contribution in [0.1, 0.15) is 40.4 Å². The standard InChI is InChI=1S/C17H18ClN3O2/c1-11(2)20-17(23)15-8-4-7-14(21-15)16(22)19-10-12-5-3-6-13(18)9-12/h3-9,11H,10H2,1-2H3,(H,19,22)(H,20,23). The molecule has 23 heavy (non-hydrogen) atoms. The molecule has 0 fully saturated rings. The summed E-state index contributed by atoms with van der Waals surface area (Å²) in [6.07, 6.45) is 0. The number of carbonyl (C=O) groups is 2. The Morgan fingerprint density at radius 1 is 1.09 bits per heavy atom. The van der Waals surface area contributed by atoms with Crippen LogP contribution in [0.2, 0.25) is 5.02 Å². The highest BCUT2D eigenvalue weighted by atomic mass is 35.5. The van der Waals surface area contributed by atoms with Crippen molar-refractivity contribution in [2.75, 3.05) is 0 Å². The highest BCUT2D eigenvalue weighted by Crippen LogP contribution is 2.10. The third-order valence-electron chi connectivity index (χ3n) is 2.98. The monoisotopic (exact) mass is 331 g/mol. The predicted octanol–water partition coefficient (Wildman–Crippen LogP) is 2.80. The van der Waals surface area contributed by atoms with Gasteiger partial charge in [-0.2, -0.15) is 0 Å². The maximum Gasteiger partial charge on any atom is 0.270 e. The summed E-state index contributed by atoms with van der Waals surface area (Å²) in [6, 6.07) is 12.0. The van der Waals surface area contributed by atoms with Crippen LogP contribution in [0.5, 0.6) is 0 Å². The van der Waals surface area contributed by atoms with Gasteiger partial charge in [-0.1, -0.05) is 29.8 Å². The van der Waals surface area contributed by atoms with E-state index in [0.717, 1.165) is 5.56 Å². The third kappa shape index (κ3) is 5.07. The summed E-state index contributed by atoms with van der Waals surface area (Å²) in [5.74, 6) is -0.645. The molecule has 2 N–H and O–H groups in total. The summed E-state index contributed by atoms with van der Waals surface area (Å²) in [7, 11) is 0. The molecule has 1 aromatic heterocycles. The normalized spacial score (nSPS) is 10.4. The molecule has 0 aliphatic rings. The molecule has 0 atom stereocenters. The van der Waals surface area contributed by atoms with Crippen molar-refractivity contribution in [3.05, 3.63) is 64.4 Å². The van der Waals surface area contributed by atoms with Gasteiger partial charge >= 0.3 is 0 Å². The van der Waals surface area contributed by atoms with Crippen LogP contribution in [-0.2, 0) is 6.54 Å². The van der Waals surface area contributed by atoms with Crippen LogP contribution in [0.3, 0.4) is 0 Å². The molecule has 5 nitrogen and oxygen atoms in total. The Bertz CT molecular complexity index is 716. The Kier molecular flexibility index (Phi) is 5.71. The van der Waals surface area contributed by atoms with Gasteiger partial charge in [0.25, 0.3) is 11.8 Å². The average Bonchev–Trinajstić information content (AvgIpc) is 2.52. The quantitative estimate of drug-likeness (QED) is 0.885. The summed E-state index contributed by atoms with van der Waals surface area (Å²) < 4.78 is 0. The van der Waals surface area contributed by atoms with Gasteiger partial charge in [0.2, 0.25) is 0 Å². The molecule has 0 saturated carbocycles. The Morgan fingerprint density at radius 3 is 2.39 bits per heavy atom. The highest BCUT2D eigenvalue weighted by Gasteiger charge is 2.12. The predicted molar refractivity (Wildman–Crippen MR) is 89.5 cm³/mol. The van der Waals surface area contributed by atoms with Crippen LogP contribution in [0.15, 0.2) is 42.5 Å². The number of benzene rings is 1. The smallest absolute Gasteiger partial charge is 0.270 e. The van der Waals surface area contributed by atoms with E-state index in [4.69, 9.17) is 11.6 Å². The largest absolute Gasteiger partial charge is 0.349 e. The summed E-state index contributed by atoms with van der Waals surface area (Å²) >= 11 is 5.90. The average molecular weight is 332 g/mol. The molecule has 2 rings (SSSR count). The van der Waals surface area contributed by atoms with E-state index < -0.39 is 0 Å². The number of rotatable bonds is 5. The van der Waals surface area contributed by atoms with Crippen molar-refractivity contribution in [1.82, 2.24) is 15.6 Å². The van der Waals surface area contributed by atoms with Gasteiger partial charge in [0.1, 0.15) is 11.4 Å². The van der Waals surface area contributed by atoms with Gasteiger partial charge in [-0.05, 0) is 43.7 Å². The number of pyridine rings is 1. The van der Waals surface area contributed by atoms with E-state index in [9.17, 15) is 9.59 Å². The van der Waals surface area contributed by atoms with Crippen molar-refractivity contribution < 1.29 is 9.59 Å². The van der Waals surface area contributed by atoms with E-state index in [-0.39, 0.29) is 29.2 Å². The van der Waals surface area contributed by atoms with Crippen LogP contribution >= 0.6 is 11.6 Å². The molecule has 2 aromatic rings. The first-order chi connectivity index (χ1) is 11.0. The SMILES string of the molecule is CC(C)NC(=O)c1cccc(C(=O)NCc2cccc(Cl)c2)n1. The van der Waals surface area contributed by atoms with Gasteiger partial charge in [0.15, 0.2) is 0 Å². The zero-order valence-electron chi connectivity index (χ0n) is 13.0. The molecule has 120 valence electrons. The Morgan fingerprint density at radius 2 is 1.74 bits per heavy atom. The van der Waals surface area contributed by atoms with E-state index >= 15 is 0 Å². The van der Waals surface area contributed by atoms with Crippen molar-refractivity contribution in [3.63, 3.8) is 0 Å². The molecule has 6 heteroatoms. The lowest BCUT2D eigenvalue weighted by atomic mass is 10.2. The molecular weight excluding hydrogens is 314 g/mol. The van der Waals surface area contributed by atoms with Gasteiger partial charge in [-0.3, -0.25) is 9.59 Å².